The minimum Gasteiger partial charge on any atom is -0.391 e. The van der Waals surface area contributed by atoms with Gasteiger partial charge in [-0.3, -0.25) is 4.79 Å². The molecule has 1 aliphatic heterocycles. The van der Waals surface area contributed by atoms with Crippen LogP contribution in [0.4, 0.5) is 4.39 Å². The second-order valence-electron chi connectivity index (χ2n) is 6.90. The summed E-state index contributed by atoms with van der Waals surface area (Å²) in [5.74, 6) is -0.0497. The number of aromatic nitrogens is 3. The Morgan fingerprint density at radius 1 is 1.36 bits per heavy atom. The Labute approximate surface area is 146 Å². The topological polar surface area (TPSA) is 71.2 Å². The number of aliphatic hydroxyl groups is 1. The number of carbonyl (C=O) groups is 1. The number of hydrogen-bond acceptors (Lipinski definition) is 4. The minimum atomic E-state index is -0.545. The standard InChI is InChI=1S/C18H23FN4O2/c1-11(2)17-20-16(18(25)22-9-8-12(3)15(24)10-22)21-23(17)14-7-5-4-6-13(14)19/h4-7,11-12,15,24H,8-10H2,1-3H3. The molecule has 3 rings (SSSR count). The molecule has 1 aliphatic rings. The fraction of sp³-hybridized carbons (Fsp3) is 0.500. The molecule has 0 saturated carbocycles. The number of amides is 1. The third-order valence-electron chi connectivity index (χ3n) is 4.63. The number of hydrogen-bond donors (Lipinski definition) is 1. The lowest BCUT2D eigenvalue weighted by atomic mass is 9.96. The van der Waals surface area contributed by atoms with Gasteiger partial charge in [0.15, 0.2) is 0 Å². The number of piperidine rings is 1. The maximum Gasteiger partial charge on any atom is 0.293 e. The van der Waals surface area contributed by atoms with E-state index in [2.05, 4.69) is 10.1 Å². The number of β-amino-alcohol motifs (C(OH)–C–C–N with tert-alkyl or cyclic N) is 1. The molecule has 2 aromatic rings. The third kappa shape index (κ3) is 3.42. The fourth-order valence-electron chi connectivity index (χ4n) is 2.96. The summed E-state index contributed by atoms with van der Waals surface area (Å²) in [4.78, 5) is 18.7. The molecule has 0 spiro atoms. The van der Waals surface area contributed by atoms with E-state index in [-0.39, 0.29) is 35.8 Å². The van der Waals surface area contributed by atoms with Gasteiger partial charge in [0.05, 0.1) is 6.10 Å². The predicted molar refractivity (Wildman–Crippen MR) is 91.1 cm³/mol. The molecule has 2 heterocycles. The third-order valence-corrected chi connectivity index (χ3v) is 4.63. The van der Waals surface area contributed by atoms with E-state index in [9.17, 15) is 14.3 Å². The summed E-state index contributed by atoms with van der Waals surface area (Å²) >= 11 is 0. The van der Waals surface area contributed by atoms with E-state index in [1.54, 1.807) is 23.1 Å². The Kier molecular flexibility index (Phi) is 4.85. The number of carbonyl (C=O) groups excluding carboxylic acids is 1. The summed E-state index contributed by atoms with van der Waals surface area (Å²) < 4.78 is 15.6. The van der Waals surface area contributed by atoms with Crippen molar-refractivity contribution in [3.8, 4) is 5.69 Å². The van der Waals surface area contributed by atoms with Crippen molar-refractivity contribution >= 4 is 5.91 Å². The Balaban J connectivity index is 1.94. The number of rotatable bonds is 3. The van der Waals surface area contributed by atoms with Crippen molar-refractivity contribution in [2.75, 3.05) is 13.1 Å². The van der Waals surface area contributed by atoms with Crippen LogP contribution in [0.15, 0.2) is 24.3 Å². The molecule has 0 bridgehead atoms. The molecular formula is C18H23FN4O2. The van der Waals surface area contributed by atoms with Crippen molar-refractivity contribution in [3.63, 3.8) is 0 Å². The van der Waals surface area contributed by atoms with E-state index in [1.807, 2.05) is 20.8 Å². The summed E-state index contributed by atoms with van der Waals surface area (Å²) in [7, 11) is 0. The molecule has 2 unspecified atom stereocenters. The lowest BCUT2D eigenvalue weighted by Crippen LogP contribution is -2.46. The summed E-state index contributed by atoms with van der Waals surface area (Å²) in [6, 6.07) is 6.28. The van der Waals surface area contributed by atoms with Gasteiger partial charge < -0.3 is 10.0 Å². The van der Waals surface area contributed by atoms with Gasteiger partial charge in [-0.05, 0) is 24.5 Å². The molecule has 1 fully saturated rings. The Morgan fingerprint density at radius 3 is 2.72 bits per heavy atom. The van der Waals surface area contributed by atoms with Gasteiger partial charge in [-0.25, -0.2) is 14.1 Å². The first-order valence-corrected chi connectivity index (χ1v) is 8.57. The van der Waals surface area contributed by atoms with Gasteiger partial charge in [-0.1, -0.05) is 32.9 Å². The van der Waals surface area contributed by atoms with Gasteiger partial charge in [0.2, 0.25) is 5.82 Å². The van der Waals surface area contributed by atoms with E-state index in [4.69, 9.17) is 0 Å². The fourth-order valence-corrected chi connectivity index (χ4v) is 2.96. The van der Waals surface area contributed by atoms with Crippen LogP contribution in [0.1, 0.15) is 49.6 Å². The van der Waals surface area contributed by atoms with Crippen LogP contribution < -0.4 is 0 Å². The monoisotopic (exact) mass is 346 g/mol. The highest BCUT2D eigenvalue weighted by molar-refractivity contribution is 5.90. The quantitative estimate of drug-likeness (QED) is 0.926. The van der Waals surface area contributed by atoms with E-state index in [0.29, 0.717) is 12.4 Å². The number of halogens is 1. The average Bonchev–Trinajstić information content (AvgIpc) is 3.02. The van der Waals surface area contributed by atoms with Crippen LogP contribution in [0.3, 0.4) is 0 Å². The molecule has 2 atom stereocenters. The van der Waals surface area contributed by atoms with Crippen molar-refractivity contribution < 1.29 is 14.3 Å². The first-order chi connectivity index (χ1) is 11.9. The molecule has 1 aromatic carbocycles. The van der Waals surface area contributed by atoms with E-state index >= 15 is 0 Å². The normalized spacial score (nSPS) is 21.0. The van der Waals surface area contributed by atoms with Gasteiger partial charge in [-0.2, -0.15) is 0 Å². The highest BCUT2D eigenvalue weighted by Gasteiger charge is 2.31. The molecule has 0 aliphatic carbocycles. The molecule has 1 N–H and O–H groups in total. The van der Waals surface area contributed by atoms with Gasteiger partial charge in [-0.15, -0.1) is 5.10 Å². The summed E-state index contributed by atoms with van der Waals surface area (Å²) in [5.41, 5.74) is 0.269. The highest BCUT2D eigenvalue weighted by atomic mass is 19.1. The van der Waals surface area contributed by atoms with Crippen molar-refractivity contribution in [1.82, 2.24) is 19.7 Å². The number of aliphatic hydroxyl groups excluding tert-OH is 1. The molecule has 0 radical (unpaired) electrons. The van der Waals surface area contributed by atoms with Crippen LogP contribution in [0.2, 0.25) is 0 Å². The summed E-state index contributed by atoms with van der Waals surface area (Å²) in [5, 5.41) is 14.3. The first-order valence-electron chi connectivity index (χ1n) is 8.57. The molecule has 25 heavy (non-hydrogen) atoms. The van der Waals surface area contributed by atoms with Crippen molar-refractivity contribution in [2.24, 2.45) is 5.92 Å². The van der Waals surface area contributed by atoms with Gasteiger partial charge in [0, 0.05) is 19.0 Å². The van der Waals surface area contributed by atoms with Crippen molar-refractivity contribution in [2.45, 2.75) is 39.2 Å². The second kappa shape index (κ2) is 6.92. The summed E-state index contributed by atoms with van der Waals surface area (Å²) in [6.45, 7) is 6.63. The number of nitrogens with zero attached hydrogens (tertiary/aromatic N) is 4. The molecular weight excluding hydrogens is 323 g/mol. The lowest BCUT2D eigenvalue weighted by Gasteiger charge is -2.33. The number of likely N-dealkylation sites (tertiary alicyclic amines) is 1. The van der Waals surface area contributed by atoms with Crippen LogP contribution in [0.5, 0.6) is 0 Å². The van der Waals surface area contributed by atoms with Crippen LogP contribution in [0, 0.1) is 11.7 Å². The zero-order chi connectivity index (χ0) is 18.1. The predicted octanol–water partition coefficient (Wildman–Crippen LogP) is 2.37. The van der Waals surface area contributed by atoms with Crippen LogP contribution in [-0.4, -0.2) is 49.9 Å². The molecule has 1 amide bonds. The Morgan fingerprint density at radius 2 is 2.08 bits per heavy atom. The zero-order valence-corrected chi connectivity index (χ0v) is 14.7. The zero-order valence-electron chi connectivity index (χ0n) is 14.7. The van der Waals surface area contributed by atoms with Gasteiger partial charge in [0.1, 0.15) is 17.3 Å². The molecule has 1 saturated heterocycles. The van der Waals surface area contributed by atoms with E-state index < -0.39 is 11.9 Å². The smallest absolute Gasteiger partial charge is 0.293 e. The molecule has 1 aromatic heterocycles. The number of para-hydroxylation sites is 1. The van der Waals surface area contributed by atoms with E-state index in [1.165, 1.54) is 10.7 Å². The SMILES string of the molecule is CC(C)c1nc(C(=O)N2CCC(C)C(O)C2)nn1-c1ccccc1F. The van der Waals surface area contributed by atoms with Crippen molar-refractivity contribution in [1.29, 1.82) is 0 Å². The number of benzene rings is 1. The van der Waals surface area contributed by atoms with E-state index in [0.717, 1.165) is 6.42 Å². The lowest BCUT2D eigenvalue weighted by molar-refractivity contribution is 0.0241. The van der Waals surface area contributed by atoms with Crippen molar-refractivity contribution in [3.05, 3.63) is 41.7 Å². The van der Waals surface area contributed by atoms with Crippen LogP contribution in [0.25, 0.3) is 5.69 Å². The highest BCUT2D eigenvalue weighted by Crippen LogP contribution is 2.22. The second-order valence-corrected chi connectivity index (χ2v) is 6.90. The first kappa shape index (κ1) is 17.5. The Hall–Kier alpha value is -2.28. The molecule has 6 nitrogen and oxygen atoms in total. The largest absolute Gasteiger partial charge is 0.391 e. The average molecular weight is 346 g/mol. The van der Waals surface area contributed by atoms with Crippen LogP contribution in [-0.2, 0) is 0 Å². The van der Waals surface area contributed by atoms with Crippen LogP contribution >= 0.6 is 0 Å². The maximum atomic E-state index is 14.2. The minimum absolute atomic E-state index is 0.0272. The summed E-state index contributed by atoms with van der Waals surface area (Å²) in [6.07, 6.45) is 0.189. The van der Waals surface area contributed by atoms with Gasteiger partial charge >= 0.3 is 0 Å². The van der Waals surface area contributed by atoms with Gasteiger partial charge in [0.25, 0.3) is 5.91 Å². The Bertz CT molecular complexity index is 774. The molecule has 7 heteroatoms. The maximum absolute atomic E-state index is 14.2. The molecule has 134 valence electrons.